The standard InChI is InChI=1S/C11H12N2S.C11H8N2S/c2*12-7-6-11-13-8-10(14-11)9-4-2-1-3-5-9/h1-5,8H,6-7,12H2;1-5,8H,6H2. The first-order valence-corrected chi connectivity index (χ1v) is 10.5. The summed E-state index contributed by atoms with van der Waals surface area (Å²) < 4.78 is 0. The average molecular weight is 405 g/mol. The van der Waals surface area contributed by atoms with Crippen LogP contribution in [0.2, 0.25) is 0 Å². The van der Waals surface area contributed by atoms with Gasteiger partial charge in [-0.05, 0) is 17.7 Å². The van der Waals surface area contributed by atoms with E-state index in [0.29, 0.717) is 13.0 Å². The number of nitrogens with zero attached hydrogens (tertiary/aromatic N) is 3. The molecule has 0 bridgehead atoms. The van der Waals surface area contributed by atoms with Gasteiger partial charge >= 0.3 is 0 Å². The van der Waals surface area contributed by atoms with Crippen LogP contribution in [0.1, 0.15) is 10.0 Å². The van der Waals surface area contributed by atoms with Crippen molar-refractivity contribution in [2.24, 2.45) is 5.73 Å². The zero-order valence-electron chi connectivity index (χ0n) is 15.3. The number of hydrogen-bond acceptors (Lipinski definition) is 6. The molecule has 4 rings (SSSR count). The number of benzene rings is 2. The topological polar surface area (TPSA) is 75.6 Å². The molecule has 0 aliphatic heterocycles. The fourth-order valence-corrected chi connectivity index (χ4v) is 4.27. The van der Waals surface area contributed by atoms with Gasteiger partial charge in [-0.25, -0.2) is 9.97 Å². The zero-order valence-corrected chi connectivity index (χ0v) is 16.9. The van der Waals surface area contributed by atoms with Crippen LogP contribution in [0.3, 0.4) is 0 Å². The van der Waals surface area contributed by atoms with Crippen molar-refractivity contribution in [3.63, 3.8) is 0 Å². The van der Waals surface area contributed by atoms with Gasteiger partial charge in [0.15, 0.2) is 0 Å². The maximum Gasteiger partial charge on any atom is 0.107 e. The Labute approximate surface area is 173 Å². The van der Waals surface area contributed by atoms with Gasteiger partial charge in [0.05, 0.1) is 27.3 Å². The van der Waals surface area contributed by atoms with E-state index >= 15 is 0 Å². The lowest BCUT2D eigenvalue weighted by atomic mass is 10.2. The van der Waals surface area contributed by atoms with Gasteiger partial charge in [0.2, 0.25) is 0 Å². The molecule has 0 saturated carbocycles. The monoisotopic (exact) mass is 404 g/mol. The smallest absolute Gasteiger partial charge is 0.107 e. The van der Waals surface area contributed by atoms with Gasteiger partial charge < -0.3 is 5.73 Å². The van der Waals surface area contributed by atoms with Crippen LogP contribution < -0.4 is 5.73 Å². The molecular weight excluding hydrogens is 384 g/mol. The highest BCUT2D eigenvalue weighted by Crippen LogP contribution is 2.26. The number of aromatic nitrogens is 2. The van der Waals surface area contributed by atoms with E-state index in [1.165, 1.54) is 10.4 Å². The molecule has 2 heterocycles. The summed E-state index contributed by atoms with van der Waals surface area (Å²) in [6.45, 7) is 0.668. The molecule has 0 saturated heterocycles. The first kappa shape index (κ1) is 19.9. The Hall–Kier alpha value is -2.85. The summed E-state index contributed by atoms with van der Waals surface area (Å²) in [7, 11) is 0. The molecule has 0 amide bonds. The predicted molar refractivity (Wildman–Crippen MR) is 117 cm³/mol. The highest BCUT2D eigenvalue weighted by molar-refractivity contribution is 7.15. The Morgan fingerprint density at radius 3 is 1.79 bits per heavy atom. The largest absolute Gasteiger partial charge is 0.330 e. The molecule has 0 fully saturated rings. The molecule has 140 valence electrons. The summed E-state index contributed by atoms with van der Waals surface area (Å²) in [5, 5.41) is 10.5. The lowest BCUT2D eigenvalue weighted by molar-refractivity contribution is 0.953. The van der Waals surface area contributed by atoms with Crippen molar-refractivity contribution in [2.45, 2.75) is 12.8 Å². The summed E-state index contributed by atoms with van der Waals surface area (Å²) in [6, 6.07) is 22.5. The molecule has 0 unspecified atom stereocenters. The van der Waals surface area contributed by atoms with Gasteiger partial charge in [-0.15, -0.1) is 22.7 Å². The molecule has 6 heteroatoms. The van der Waals surface area contributed by atoms with Crippen LogP contribution in [0.25, 0.3) is 20.9 Å². The predicted octanol–water partition coefficient (Wildman–Crippen LogP) is 5.19. The number of hydrogen-bond donors (Lipinski definition) is 1. The van der Waals surface area contributed by atoms with Crippen molar-refractivity contribution >= 4 is 22.7 Å². The highest BCUT2D eigenvalue weighted by Gasteiger charge is 2.03. The third-order valence-corrected chi connectivity index (χ3v) is 5.96. The van der Waals surface area contributed by atoms with Crippen molar-refractivity contribution in [1.82, 2.24) is 9.97 Å². The molecule has 2 aromatic heterocycles. The van der Waals surface area contributed by atoms with Crippen LogP contribution in [0.5, 0.6) is 0 Å². The molecule has 0 spiro atoms. The maximum absolute atomic E-state index is 8.52. The molecule has 28 heavy (non-hydrogen) atoms. The van der Waals surface area contributed by atoms with Crippen molar-refractivity contribution in [1.29, 1.82) is 5.26 Å². The first-order chi connectivity index (χ1) is 13.8. The van der Waals surface area contributed by atoms with E-state index in [-0.39, 0.29) is 0 Å². The van der Waals surface area contributed by atoms with E-state index in [4.69, 9.17) is 11.0 Å². The quantitative estimate of drug-likeness (QED) is 0.497. The van der Waals surface area contributed by atoms with Crippen LogP contribution in [0.15, 0.2) is 73.1 Å². The van der Waals surface area contributed by atoms with E-state index in [2.05, 4.69) is 28.2 Å². The fraction of sp³-hybridized carbons (Fsp3) is 0.136. The van der Waals surface area contributed by atoms with E-state index in [9.17, 15) is 0 Å². The SMILES string of the molecule is N#CCc1ncc(-c2ccccc2)s1.NCCc1ncc(-c2ccccc2)s1. The van der Waals surface area contributed by atoms with Crippen molar-refractivity contribution in [3.8, 4) is 27.0 Å². The first-order valence-electron chi connectivity index (χ1n) is 8.87. The molecule has 0 atom stereocenters. The van der Waals surface area contributed by atoms with E-state index in [0.717, 1.165) is 26.9 Å². The second-order valence-corrected chi connectivity index (χ2v) is 8.07. The molecule has 0 aliphatic carbocycles. The van der Waals surface area contributed by atoms with Crippen molar-refractivity contribution < 1.29 is 0 Å². The Kier molecular flexibility index (Phi) is 7.44. The summed E-state index contributed by atoms with van der Waals surface area (Å²) in [5.74, 6) is 0. The molecule has 2 aromatic carbocycles. The van der Waals surface area contributed by atoms with Crippen LogP contribution in [0.4, 0.5) is 0 Å². The average Bonchev–Trinajstić information content (AvgIpc) is 3.41. The Morgan fingerprint density at radius 2 is 1.29 bits per heavy atom. The normalized spacial score (nSPS) is 10.0. The van der Waals surface area contributed by atoms with Crippen molar-refractivity contribution in [3.05, 3.63) is 83.1 Å². The summed E-state index contributed by atoms with van der Waals surface area (Å²) in [6.07, 6.45) is 5.02. The van der Waals surface area contributed by atoms with Gasteiger partial charge in [0.25, 0.3) is 0 Å². The highest BCUT2D eigenvalue weighted by atomic mass is 32.1. The second kappa shape index (κ2) is 10.5. The molecule has 4 nitrogen and oxygen atoms in total. The minimum absolute atomic E-state index is 0.400. The number of rotatable bonds is 5. The number of nitrogens with two attached hydrogens (primary N) is 1. The Bertz CT molecular complexity index is 1020. The minimum Gasteiger partial charge on any atom is -0.330 e. The maximum atomic E-state index is 8.52. The van der Waals surface area contributed by atoms with Crippen LogP contribution >= 0.6 is 22.7 Å². The van der Waals surface area contributed by atoms with Gasteiger partial charge in [-0.1, -0.05) is 60.7 Å². The molecule has 0 radical (unpaired) electrons. The second-order valence-electron chi connectivity index (χ2n) is 5.84. The van der Waals surface area contributed by atoms with E-state index in [1.54, 1.807) is 22.7 Å². The van der Waals surface area contributed by atoms with Crippen LogP contribution in [-0.2, 0) is 12.8 Å². The van der Waals surface area contributed by atoms with E-state index < -0.39 is 0 Å². The lowest BCUT2D eigenvalue weighted by Crippen LogP contribution is -2.01. The summed E-state index contributed by atoms with van der Waals surface area (Å²) in [5.41, 5.74) is 7.87. The van der Waals surface area contributed by atoms with Gasteiger partial charge in [0.1, 0.15) is 5.01 Å². The molecule has 4 aromatic rings. The summed E-state index contributed by atoms with van der Waals surface area (Å²) >= 11 is 3.30. The Balaban J connectivity index is 0.000000161. The van der Waals surface area contributed by atoms with Crippen molar-refractivity contribution in [2.75, 3.05) is 6.54 Å². The van der Waals surface area contributed by atoms with Gasteiger partial charge in [-0.3, -0.25) is 0 Å². The van der Waals surface area contributed by atoms with E-state index in [1.807, 2.05) is 60.9 Å². The fourth-order valence-electron chi connectivity index (χ4n) is 2.48. The number of thiazole rings is 2. The summed E-state index contributed by atoms with van der Waals surface area (Å²) in [4.78, 5) is 10.8. The Morgan fingerprint density at radius 1 is 0.786 bits per heavy atom. The minimum atomic E-state index is 0.400. The van der Waals surface area contributed by atoms with Gasteiger partial charge in [-0.2, -0.15) is 5.26 Å². The lowest BCUT2D eigenvalue weighted by Gasteiger charge is -1.93. The molecule has 0 aliphatic rings. The molecule has 2 N–H and O–H groups in total. The third-order valence-electron chi connectivity index (χ3n) is 3.81. The number of nitriles is 1. The van der Waals surface area contributed by atoms with Gasteiger partial charge in [0, 0.05) is 18.8 Å². The van der Waals surface area contributed by atoms with Crippen LogP contribution in [-0.4, -0.2) is 16.5 Å². The third kappa shape index (κ3) is 5.57. The van der Waals surface area contributed by atoms with Crippen LogP contribution in [0, 0.1) is 11.3 Å². The molecular formula is C22H20N4S2. The zero-order chi connectivity index (χ0) is 19.6.